The predicted molar refractivity (Wildman–Crippen MR) is 111 cm³/mol. The van der Waals surface area contributed by atoms with Crippen molar-refractivity contribution in [3.8, 4) is 17.1 Å². The van der Waals surface area contributed by atoms with Crippen LogP contribution in [-0.2, 0) is 11.3 Å². The van der Waals surface area contributed by atoms with Crippen molar-refractivity contribution in [1.82, 2.24) is 20.4 Å². The van der Waals surface area contributed by atoms with Crippen molar-refractivity contribution in [2.45, 2.75) is 11.4 Å². The van der Waals surface area contributed by atoms with Gasteiger partial charge < -0.3 is 14.6 Å². The van der Waals surface area contributed by atoms with Gasteiger partial charge in [-0.1, -0.05) is 17.3 Å². The number of halogens is 1. The number of hydrogen-bond donors (Lipinski definition) is 1. The molecule has 0 fully saturated rings. The topological polar surface area (TPSA) is 90.1 Å². The third-order valence-corrected chi connectivity index (χ3v) is 5.09. The van der Waals surface area contributed by atoms with Crippen LogP contribution in [0.25, 0.3) is 22.4 Å². The SMILES string of the molecule is CSc1ccc(CNC(=O)COc2ncnc3onc(-c4ccc(F)cc4)c23)cc1. The lowest BCUT2D eigenvalue weighted by Gasteiger charge is -2.08. The van der Waals surface area contributed by atoms with Crippen molar-refractivity contribution in [3.63, 3.8) is 0 Å². The molecule has 152 valence electrons. The molecule has 1 N–H and O–H groups in total. The maximum atomic E-state index is 13.2. The second-order valence-corrected chi connectivity index (χ2v) is 7.19. The summed E-state index contributed by atoms with van der Waals surface area (Å²) in [6.45, 7) is 0.160. The van der Waals surface area contributed by atoms with E-state index in [-0.39, 0.29) is 29.9 Å². The van der Waals surface area contributed by atoms with Gasteiger partial charge in [0.05, 0.1) is 0 Å². The summed E-state index contributed by atoms with van der Waals surface area (Å²) in [5.74, 6) is -0.491. The van der Waals surface area contributed by atoms with Crippen LogP contribution in [0.4, 0.5) is 4.39 Å². The molecule has 7 nitrogen and oxygen atoms in total. The van der Waals surface area contributed by atoms with Gasteiger partial charge in [-0.15, -0.1) is 11.8 Å². The van der Waals surface area contributed by atoms with E-state index in [0.29, 0.717) is 23.2 Å². The van der Waals surface area contributed by atoms with Crippen molar-refractivity contribution in [2.75, 3.05) is 12.9 Å². The largest absolute Gasteiger partial charge is 0.467 e. The molecule has 4 rings (SSSR count). The van der Waals surface area contributed by atoms with Gasteiger partial charge in [0.2, 0.25) is 5.88 Å². The van der Waals surface area contributed by atoms with Crippen LogP contribution in [0.3, 0.4) is 0 Å². The Morgan fingerprint density at radius 1 is 1.13 bits per heavy atom. The molecule has 2 aromatic heterocycles. The number of rotatable bonds is 7. The molecule has 4 aromatic rings. The molecular weight excluding hydrogens is 407 g/mol. The zero-order valence-corrected chi connectivity index (χ0v) is 16.8. The molecule has 0 spiro atoms. The number of amides is 1. The fourth-order valence-electron chi connectivity index (χ4n) is 2.80. The number of benzene rings is 2. The minimum absolute atomic E-state index is 0.167. The Labute approximate surface area is 175 Å². The maximum Gasteiger partial charge on any atom is 0.265 e. The van der Waals surface area contributed by atoms with E-state index in [4.69, 9.17) is 9.26 Å². The van der Waals surface area contributed by atoms with Gasteiger partial charge in [0, 0.05) is 17.0 Å². The summed E-state index contributed by atoms with van der Waals surface area (Å²) in [4.78, 5) is 21.5. The Morgan fingerprint density at radius 2 is 1.90 bits per heavy atom. The summed E-state index contributed by atoms with van der Waals surface area (Å²) in [6.07, 6.45) is 3.28. The van der Waals surface area contributed by atoms with Gasteiger partial charge in [-0.05, 0) is 48.2 Å². The van der Waals surface area contributed by atoms with E-state index in [1.165, 1.54) is 18.5 Å². The molecule has 0 aliphatic rings. The highest BCUT2D eigenvalue weighted by Crippen LogP contribution is 2.32. The normalized spacial score (nSPS) is 10.9. The van der Waals surface area contributed by atoms with Crippen molar-refractivity contribution in [1.29, 1.82) is 0 Å². The van der Waals surface area contributed by atoms with Gasteiger partial charge >= 0.3 is 0 Å². The first-order valence-corrected chi connectivity index (χ1v) is 10.3. The molecule has 1 amide bonds. The van der Waals surface area contributed by atoms with Crippen molar-refractivity contribution in [2.24, 2.45) is 0 Å². The average Bonchev–Trinajstić information content (AvgIpc) is 3.22. The standard InChI is InChI=1S/C21H17FN4O3S/c1-30-16-8-2-13(3-9-16)10-23-17(27)11-28-20-18-19(14-4-6-15(22)7-5-14)26-29-21(18)25-12-24-20/h2-9,12H,10-11H2,1H3,(H,23,27). The van der Waals surface area contributed by atoms with Crippen LogP contribution in [0, 0.1) is 5.82 Å². The molecule has 2 aromatic carbocycles. The smallest absolute Gasteiger partial charge is 0.265 e. The molecule has 0 aliphatic heterocycles. The van der Waals surface area contributed by atoms with Gasteiger partial charge in [0.15, 0.2) is 6.61 Å². The number of ether oxygens (including phenoxy) is 1. The highest BCUT2D eigenvalue weighted by molar-refractivity contribution is 7.98. The van der Waals surface area contributed by atoms with E-state index in [2.05, 4.69) is 20.4 Å². The fourth-order valence-corrected chi connectivity index (χ4v) is 3.21. The first-order chi connectivity index (χ1) is 14.6. The van der Waals surface area contributed by atoms with E-state index >= 15 is 0 Å². The highest BCUT2D eigenvalue weighted by atomic mass is 32.2. The Kier molecular flexibility index (Phi) is 5.89. The van der Waals surface area contributed by atoms with Crippen molar-refractivity contribution in [3.05, 3.63) is 66.2 Å². The molecule has 0 saturated heterocycles. The summed E-state index contributed by atoms with van der Waals surface area (Å²) < 4.78 is 24.1. The molecule has 9 heteroatoms. The lowest BCUT2D eigenvalue weighted by molar-refractivity contribution is -0.123. The zero-order chi connectivity index (χ0) is 20.9. The second kappa shape index (κ2) is 8.91. The first kappa shape index (κ1) is 19.8. The van der Waals surface area contributed by atoms with Gasteiger partial charge in [0.25, 0.3) is 11.6 Å². The van der Waals surface area contributed by atoms with E-state index in [1.807, 2.05) is 30.5 Å². The molecule has 0 atom stereocenters. The highest BCUT2D eigenvalue weighted by Gasteiger charge is 2.18. The monoisotopic (exact) mass is 424 g/mol. The Balaban J connectivity index is 1.45. The molecule has 0 bridgehead atoms. The van der Waals surface area contributed by atoms with Crippen LogP contribution >= 0.6 is 11.8 Å². The van der Waals surface area contributed by atoms with Gasteiger partial charge in [-0.25, -0.2) is 9.37 Å². The summed E-state index contributed by atoms with van der Waals surface area (Å²) >= 11 is 1.66. The quantitative estimate of drug-likeness (QED) is 0.451. The van der Waals surface area contributed by atoms with E-state index in [0.717, 1.165) is 10.5 Å². The van der Waals surface area contributed by atoms with Crippen LogP contribution in [0.2, 0.25) is 0 Å². The number of nitrogens with zero attached hydrogens (tertiary/aromatic N) is 3. The Morgan fingerprint density at radius 3 is 2.63 bits per heavy atom. The molecular formula is C21H17FN4O3S. The number of carbonyl (C=O) groups is 1. The second-order valence-electron chi connectivity index (χ2n) is 6.31. The molecule has 0 saturated carbocycles. The van der Waals surface area contributed by atoms with Gasteiger partial charge in [-0.2, -0.15) is 4.98 Å². The van der Waals surface area contributed by atoms with E-state index < -0.39 is 0 Å². The summed E-state index contributed by atoms with van der Waals surface area (Å²) in [5, 5.41) is 7.22. The number of nitrogens with one attached hydrogen (secondary N) is 1. The first-order valence-electron chi connectivity index (χ1n) is 9.03. The number of carbonyl (C=O) groups excluding carboxylic acids is 1. The lowest BCUT2D eigenvalue weighted by atomic mass is 10.1. The van der Waals surface area contributed by atoms with Crippen LogP contribution < -0.4 is 10.1 Å². The Hall–Kier alpha value is -3.46. The van der Waals surface area contributed by atoms with Gasteiger partial charge in [-0.3, -0.25) is 4.79 Å². The third-order valence-electron chi connectivity index (χ3n) is 4.34. The maximum absolute atomic E-state index is 13.2. The number of thioether (sulfide) groups is 1. The van der Waals surface area contributed by atoms with Crippen LogP contribution in [0.5, 0.6) is 5.88 Å². The molecule has 0 aliphatic carbocycles. The summed E-state index contributed by atoms with van der Waals surface area (Å²) in [7, 11) is 0. The molecule has 0 unspecified atom stereocenters. The summed E-state index contributed by atoms with van der Waals surface area (Å²) in [5.41, 5.74) is 2.24. The Bertz CT molecular complexity index is 1160. The molecule has 30 heavy (non-hydrogen) atoms. The lowest BCUT2D eigenvalue weighted by Crippen LogP contribution is -2.28. The summed E-state index contributed by atoms with van der Waals surface area (Å²) in [6, 6.07) is 13.7. The average molecular weight is 424 g/mol. The van der Waals surface area contributed by atoms with Crippen molar-refractivity contribution >= 4 is 28.8 Å². The number of fused-ring (bicyclic) bond motifs is 1. The number of aromatic nitrogens is 3. The fraction of sp³-hybridized carbons (Fsp3) is 0.143. The predicted octanol–water partition coefficient (Wildman–Crippen LogP) is 3.84. The van der Waals surface area contributed by atoms with E-state index in [9.17, 15) is 9.18 Å². The number of hydrogen-bond acceptors (Lipinski definition) is 7. The van der Waals surface area contributed by atoms with Gasteiger partial charge in [0.1, 0.15) is 23.2 Å². The van der Waals surface area contributed by atoms with E-state index in [1.54, 1.807) is 23.9 Å². The molecule has 0 radical (unpaired) electrons. The molecule has 2 heterocycles. The van der Waals surface area contributed by atoms with Crippen LogP contribution in [-0.4, -0.2) is 33.9 Å². The zero-order valence-electron chi connectivity index (χ0n) is 16.0. The van der Waals surface area contributed by atoms with Crippen LogP contribution in [0.1, 0.15) is 5.56 Å². The van der Waals surface area contributed by atoms with Crippen LogP contribution in [0.15, 0.2) is 64.3 Å². The third kappa shape index (κ3) is 4.41. The minimum Gasteiger partial charge on any atom is -0.467 e. The minimum atomic E-state index is -0.362. The van der Waals surface area contributed by atoms with Crippen molar-refractivity contribution < 1.29 is 18.4 Å².